The molecule has 0 bridgehead atoms. The van der Waals surface area contributed by atoms with Crippen LogP contribution in [0.25, 0.3) is 0 Å². The number of aryl methyl sites for hydroxylation is 2. The van der Waals surface area contributed by atoms with E-state index < -0.39 is 0 Å². The fourth-order valence-corrected chi connectivity index (χ4v) is 2.49. The van der Waals surface area contributed by atoms with Crippen molar-refractivity contribution >= 4 is 0 Å². The predicted octanol–water partition coefficient (Wildman–Crippen LogP) is 3.03. The topological polar surface area (TPSA) is 42.7 Å². The second-order valence-electron chi connectivity index (χ2n) is 5.26. The van der Waals surface area contributed by atoms with Gasteiger partial charge in [-0.25, -0.2) is 9.37 Å². The molecule has 21 heavy (non-hydrogen) atoms. The first-order valence-corrected chi connectivity index (χ1v) is 7.51. The number of aromatic nitrogens is 3. The number of rotatable bonds is 7. The summed E-state index contributed by atoms with van der Waals surface area (Å²) in [6, 6.07) is 5.24. The first kappa shape index (κ1) is 15.6. The first-order valence-electron chi connectivity index (χ1n) is 7.51. The molecule has 1 unspecified atom stereocenters. The molecule has 0 aliphatic heterocycles. The lowest BCUT2D eigenvalue weighted by molar-refractivity contribution is 0.493. The normalized spacial score (nSPS) is 12.6. The summed E-state index contributed by atoms with van der Waals surface area (Å²) in [5.41, 5.74) is 1.90. The van der Waals surface area contributed by atoms with E-state index in [1.807, 2.05) is 24.6 Å². The van der Waals surface area contributed by atoms with Gasteiger partial charge in [0.2, 0.25) is 0 Å². The monoisotopic (exact) mass is 290 g/mol. The highest BCUT2D eigenvalue weighted by atomic mass is 19.1. The lowest BCUT2D eigenvalue weighted by Gasteiger charge is -2.19. The first-order chi connectivity index (χ1) is 10.1. The van der Waals surface area contributed by atoms with Crippen LogP contribution in [0.2, 0.25) is 0 Å². The van der Waals surface area contributed by atoms with E-state index in [0.29, 0.717) is 6.42 Å². The number of benzene rings is 1. The number of nitrogens with one attached hydrogen (secondary N) is 1. The zero-order valence-electron chi connectivity index (χ0n) is 12.9. The van der Waals surface area contributed by atoms with Gasteiger partial charge in [-0.3, -0.25) is 4.68 Å². The van der Waals surface area contributed by atoms with Crippen LogP contribution < -0.4 is 5.32 Å². The van der Waals surface area contributed by atoms with Crippen LogP contribution in [0.1, 0.15) is 43.3 Å². The molecule has 0 saturated heterocycles. The van der Waals surface area contributed by atoms with Gasteiger partial charge < -0.3 is 5.32 Å². The zero-order valence-corrected chi connectivity index (χ0v) is 12.9. The smallest absolute Gasteiger partial charge is 0.138 e. The third-order valence-electron chi connectivity index (χ3n) is 3.49. The zero-order chi connectivity index (χ0) is 15.2. The number of hydrogen-bond acceptors (Lipinski definition) is 3. The van der Waals surface area contributed by atoms with Crippen molar-refractivity contribution in [3.05, 3.63) is 47.3 Å². The van der Waals surface area contributed by atoms with E-state index in [-0.39, 0.29) is 11.9 Å². The van der Waals surface area contributed by atoms with Gasteiger partial charge in [0.15, 0.2) is 0 Å². The van der Waals surface area contributed by atoms with E-state index in [0.717, 1.165) is 36.5 Å². The summed E-state index contributed by atoms with van der Waals surface area (Å²) < 4.78 is 15.6. The minimum Gasteiger partial charge on any atom is -0.310 e. The summed E-state index contributed by atoms with van der Waals surface area (Å²) in [6.45, 7) is 7.75. The van der Waals surface area contributed by atoms with Crippen molar-refractivity contribution < 1.29 is 4.39 Å². The van der Waals surface area contributed by atoms with Gasteiger partial charge in [-0.1, -0.05) is 13.0 Å². The van der Waals surface area contributed by atoms with Gasteiger partial charge in [0.25, 0.3) is 0 Å². The lowest BCUT2D eigenvalue weighted by Crippen LogP contribution is -2.25. The van der Waals surface area contributed by atoms with Crippen molar-refractivity contribution in [1.29, 1.82) is 0 Å². The Labute approximate surface area is 125 Å². The summed E-state index contributed by atoms with van der Waals surface area (Å²) in [7, 11) is 0. The fraction of sp³-hybridized carbons (Fsp3) is 0.500. The van der Waals surface area contributed by atoms with Crippen LogP contribution in [0.4, 0.5) is 4.39 Å². The van der Waals surface area contributed by atoms with Crippen molar-refractivity contribution in [3.8, 4) is 0 Å². The van der Waals surface area contributed by atoms with E-state index >= 15 is 0 Å². The average molecular weight is 290 g/mol. The Morgan fingerprint density at radius 1 is 1.29 bits per heavy atom. The average Bonchev–Trinajstić information content (AvgIpc) is 2.89. The highest BCUT2D eigenvalue weighted by Gasteiger charge is 2.16. The molecule has 1 aromatic heterocycles. The Balaban J connectivity index is 2.25. The maximum atomic E-state index is 13.7. The molecule has 2 rings (SSSR count). The third-order valence-corrected chi connectivity index (χ3v) is 3.49. The molecule has 1 N–H and O–H groups in total. The van der Waals surface area contributed by atoms with Crippen molar-refractivity contribution in [2.24, 2.45) is 0 Å². The maximum Gasteiger partial charge on any atom is 0.138 e. The van der Waals surface area contributed by atoms with Gasteiger partial charge in [-0.2, -0.15) is 5.10 Å². The fourth-order valence-electron chi connectivity index (χ4n) is 2.49. The van der Waals surface area contributed by atoms with Gasteiger partial charge in [-0.15, -0.1) is 0 Å². The maximum absolute atomic E-state index is 13.7. The molecule has 2 aromatic rings. The highest BCUT2D eigenvalue weighted by Crippen LogP contribution is 2.20. The molecule has 5 heteroatoms. The molecule has 4 nitrogen and oxygen atoms in total. The van der Waals surface area contributed by atoms with E-state index in [4.69, 9.17) is 0 Å². The molecular weight excluding hydrogens is 267 g/mol. The number of nitrogens with zero attached hydrogens (tertiary/aromatic N) is 3. The summed E-state index contributed by atoms with van der Waals surface area (Å²) in [5, 5.41) is 7.68. The number of hydrogen-bond donors (Lipinski definition) is 1. The Morgan fingerprint density at radius 2 is 2.10 bits per heavy atom. The molecule has 0 fully saturated rings. The highest BCUT2D eigenvalue weighted by molar-refractivity contribution is 5.27. The summed E-state index contributed by atoms with van der Waals surface area (Å²) in [4.78, 5) is 4.32. The van der Waals surface area contributed by atoms with E-state index in [1.54, 1.807) is 18.5 Å². The van der Waals surface area contributed by atoms with Crippen molar-refractivity contribution in [3.63, 3.8) is 0 Å². The molecule has 114 valence electrons. The van der Waals surface area contributed by atoms with Gasteiger partial charge in [-0.05, 0) is 50.1 Å². The second-order valence-corrected chi connectivity index (χ2v) is 5.26. The molecule has 0 radical (unpaired) electrons. The minimum atomic E-state index is -0.190. The molecule has 0 spiro atoms. The van der Waals surface area contributed by atoms with Crippen molar-refractivity contribution in [2.75, 3.05) is 6.54 Å². The van der Waals surface area contributed by atoms with Gasteiger partial charge in [0.05, 0.1) is 0 Å². The van der Waals surface area contributed by atoms with Crippen molar-refractivity contribution in [2.45, 2.75) is 46.2 Å². The third kappa shape index (κ3) is 4.11. The largest absolute Gasteiger partial charge is 0.310 e. The lowest BCUT2D eigenvalue weighted by atomic mass is 10.0. The minimum absolute atomic E-state index is 0.0499. The Kier molecular flexibility index (Phi) is 5.44. The molecule has 0 amide bonds. The van der Waals surface area contributed by atoms with Crippen LogP contribution in [0.5, 0.6) is 0 Å². The molecule has 1 aromatic carbocycles. The molecule has 1 heterocycles. The van der Waals surface area contributed by atoms with Crippen LogP contribution >= 0.6 is 0 Å². The standard InChI is InChI=1S/C16H23FN4/c1-4-6-18-15(10-16-19-11-20-21(16)5-2)13-7-12(3)8-14(17)9-13/h7-9,11,15,18H,4-6,10H2,1-3H3. The SMILES string of the molecule is CCCNC(Cc1ncnn1CC)c1cc(C)cc(F)c1. The van der Waals surface area contributed by atoms with Gasteiger partial charge >= 0.3 is 0 Å². The summed E-state index contributed by atoms with van der Waals surface area (Å²) in [5.74, 6) is 0.735. The molecular formula is C16H23FN4. The summed E-state index contributed by atoms with van der Waals surface area (Å²) >= 11 is 0. The predicted molar refractivity (Wildman–Crippen MR) is 81.6 cm³/mol. The van der Waals surface area contributed by atoms with Crippen molar-refractivity contribution in [1.82, 2.24) is 20.1 Å². The molecule has 0 saturated carbocycles. The van der Waals surface area contributed by atoms with Crippen LogP contribution in [0, 0.1) is 12.7 Å². The van der Waals surface area contributed by atoms with E-state index in [1.165, 1.54) is 0 Å². The van der Waals surface area contributed by atoms with Crippen LogP contribution in [0.15, 0.2) is 24.5 Å². The quantitative estimate of drug-likeness (QED) is 0.852. The Morgan fingerprint density at radius 3 is 2.76 bits per heavy atom. The van der Waals surface area contributed by atoms with Gasteiger partial charge in [0.1, 0.15) is 18.0 Å². The van der Waals surface area contributed by atoms with E-state index in [9.17, 15) is 4.39 Å². The summed E-state index contributed by atoms with van der Waals surface area (Å²) in [6.07, 6.45) is 3.31. The van der Waals surface area contributed by atoms with Crippen LogP contribution in [0.3, 0.4) is 0 Å². The Hall–Kier alpha value is -1.75. The molecule has 1 atom stereocenters. The molecule has 0 aliphatic rings. The number of halogens is 1. The van der Waals surface area contributed by atoms with Crippen LogP contribution in [-0.2, 0) is 13.0 Å². The Bertz CT molecular complexity index is 559. The van der Waals surface area contributed by atoms with Crippen LogP contribution in [-0.4, -0.2) is 21.3 Å². The van der Waals surface area contributed by atoms with Gasteiger partial charge in [0, 0.05) is 19.0 Å². The molecule has 0 aliphatic carbocycles. The second kappa shape index (κ2) is 7.31. The van der Waals surface area contributed by atoms with E-state index in [2.05, 4.69) is 22.3 Å².